The lowest BCUT2D eigenvalue weighted by atomic mass is 10.1. The number of carbonyl (C=O) groups is 1. The third-order valence-corrected chi connectivity index (χ3v) is 6.31. The number of esters is 1. The van der Waals surface area contributed by atoms with E-state index in [9.17, 15) is 4.79 Å². The Balaban J connectivity index is 1.42. The van der Waals surface area contributed by atoms with Gasteiger partial charge in [0.15, 0.2) is 0 Å². The van der Waals surface area contributed by atoms with Crippen molar-refractivity contribution in [1.29, 1.82) is 0 Å². The van der Waals surface area contributed by atoms with Crippen molar-refractivity contribution < 1.29 is 19.0 Å². The van der Waals surface area contributed by atoms with Crippen LogP contribution in [0.5, 0.6) is 5.75 Å². The monoisotopic (exact) mass is 479 g/mol. The van der Waals surface area contributed by atoms with Gasteiger partial charge in [0.2, 0.25) is 0 Å². The minimum atomic E-state index is -0.422. The van der Waals surface area contributed by atoms with E-state index in [0.717, 1.165) is 61.5 Å². The summed E-state index contributed by atoms with van der Waals surface area (Å²) in [6, 6.07) is 15.0. The van der Waals surface area contributed by atoms with Crippen LogP contribution in [0.2, 0.25) is 5.02 Å². The second-order valence-corrected chi connectivity index (χ2v) is 8.70. The van der Waals surface area contributed by atoms with Crippen LogP contribution < -0.4 is 4.74 Å². The fraction of sp³-hybridized carbons (Fsp3) is 0.308. The van der Waals surface area contributed by atoms with E-state index < -0.39 is 5.97 Å². The number of fused-ring (bicyclic) bond motifs is 3. The Bertz CT molecular complexity index is 1310. The van der Waals surface area contributed by atoms with Crippen molar-refractivity contribution in [3.8, 4) is 17.0 Å². The zero-order valence-corrected chi connectivity index (χ0v) is 19.7. The van der Waals surface area contributed by atoms with Gasteiger partial charge in [0.1, 0.15) is 5.75 Å². The molecule has 0 unspecified atom stereocenters. The Kier molecular flexibility index (Phi) is 6.67. The van der Waals surface area contributed by atoms with Crippen molar-refractivity contribution in [3.05, 3.63) is 59.1 Å². The van der Waals surface area contributed by atoms with Crippen LogP contribution in [0.15, 0.2) is 48.5 Å². The van der Waals surface area contributed by atoms with Crippen LogP contribution >= 0.6 is 11.6 Å². The highest BCUT2D eigenvalue weighted by Crippen LogP contribution is 2.32. The predicted molar refractivity (Wildman–Crippen MR) is 133 cm³/mol. The number of nitrogens with one attached hydrogen (secondary N) is 1. The van der Waals surface area contributed by atoms with Crippen LogP contribution in [0.4, 0.5) is 0 Å². The number of aromatic nitrogens is 2. The number of H-pyrrole nitrogens is 1. The Morgan fingerprint density at radius 3 is 2.71 bits per heavy atom. The van der Waals surface area contributed by atoms with Crippen molar-refractivity contribution in [2.45, 2.75) is 6.42 Å². The SMILES string of the molecule is COC(=O)c1cc(-c2ccc(Cl)cc2)nc2c1[nH]c1cc(OCCCN3CCOCC3)ccc12. The number of methoxy groups -OCH3 is 1. The lowest BCUT2D eigenvalue weighted by Crippen LogP contribution is -2.37. The highest BCUT2D eigenvalue weighted by Gasteiger charge is 2.19. The average molecular weight is 480 g/mol. The Morgan fingerprint density at radius 1 is 1.15 bits per heavy atom. The number of hydrogen-bond donors (Lipinski definition) is 1. The maximum absolute atomic E-state index is 12.6. The molecule has 2 aromatic heterocycles. The number of aromatic amines is 1. The van der Waals surface area contributed by atoms with E-state index in [2.05, 4.69) is 9.88 Å². The topological polar surface area (TPSA) is 76.7 Å². The van der Waals surface area contributed by atoms with Crippen molar-refractivity contribution in [3.63, 3.8) is 0 Å². The molecule has 1 fully saturated rings. The summed E-state index contributed by atoms with van der Waals surface area (Å²) in [6.07, 6.45) is 0.948. The fourth-order valence-corrected chi connectivity index (χ4v) is 4.39. The maximum atomic E-state index is 12.6. The van der Waals surface area contributed by atoms with Gasteiger partial charge < -0.3 is 19.2 Å². The molecule has 3 heterocycles. The fourth-order valence-electron chi connectivity index (χ4n) is 4.27. The molecule has 1 saturated heterocycles. The number of hydrogen-bond acceptors (Lipinski definition) is 6. The summed E-state index contributed by atoms with van der Waals surface area (Å²) >= 11 is 6.04. The number of nitrogens with zero attached hydrogens (tertiary/aromatic N) is 2. The van der Waals surface area contributed by atoms with E-state index in [1.807, 2.05) is 30.3 Å². The number of pyridine rings is 1. The summed E-state index contributed by atoms with van der Waals surface area (Å²) < 4.78 is 16.4. The molecule has 0 atom stereocenters. The largest absolute Gasteiger partial charge is 0.493 e. The minimum Gasteiger partial charge on any atom is -0.493 e. The molecule has 1 N–H and O–H groups in total. The second kappa shape index (κ2) is 10.0. The molecule has 2 aromatic carbocycles. The van der Waals surface area contributed by atoms with Gasteiger partial charge in [-0.1, -0.05) is 23.7 Å². The molecule has 176 valence electrons. The van der Waals surface area contributed by atoms with Crippen LogP contribution in [-0.2, 0) is 9.47 Å². The molecule has 1 aliphatic rings. The zero-order chi connectivity index (χ0) is 23.5. The molecule has 7 nitrogen and oxygen atoms in total. The molecule has 1 aliphatic heterocycles. The third kappa shape index (κ3) is 4.73. The molecule has 4 aromatic rings. The first kappa shape index (κ1) is 22.7. The van der Waals surface area contributed by atoms with Gasteiger partial charge in [-0.25, -0.2) is 9.78 Å². The predicted octanol–water partition coefficient (Wildman–Crippen LogP) is 4.92. The Morgan fingerprint density at radius 2 is 1.94 bits per heavy atom. The first-order chi connectivity index (χ1) is 16.6. The number of rotatable bonds is 7. The molecule has 0 bridgehead atoms. The summed E-state index contributed by atoms with van der Waals surface area (Å²) in [5, 5.41) is 1.55. The lowest BCUT2D eigenvalue weighted by molar-refractivity contribution is 0.0358. The lowest BCUT2D eigenvalue weighted by Gasteiger charge is -2.26. The van der Waals surface area contributed by atoms with Crippen LogP contribution in [-0.4, -0.2) is 67.4 Å². The molecular weight excluding hydrogens is 454 g/mol. The van der Waals surface area contributed by atoms with E-state index in [4.69, 9.17) is 30.8 Å². The van der Waals surface area contributed by atoms with Crippen molar-refractivity contribution >= 4 is 39.5 Å². The van der Waals surface area contributed by atoms with Gasteiger partial charge in [-0.15, -0.1) is 0 Å². The van der Waals surface area contributed by atoms with E-state index in [1.54, 1.807) is 18.2 Å². The number of carbonyl (C=O) groups excluding carboxylic acids is 1. The summed E-state index contributed by atoms with van der Waals surface area (Å²) in [6.45, 7) is 5.20. The zero-order valence-electron chi connectivity index (χ0n) is 19.0. The average Bonchev–Trinajstić information content (AvgIpc) is 3.24. The molecule has 8 heteroatoms. The second-order valence-electron chi connectivity index (χ2n) is 8.27. The molecule has 0 aliphatic carbocycles. The molecular formula is C26H26ClN3O4. The first-order valence-electron chi connectivity index (χ1n) is 11.4. The van der Waals surface area contributed by atoms with Gasteiger partial charge in [0.25, 0.3) is 0 Å². The van der Waals surface area contributed by atoms with Gasteiger partial charge in [-0.3, -0.25) is 4.90 Å². The summed E-state index contributed by atoms with van der Waals surface area (Å²) in [7, 11) is 1.38. The standard InChI is InChI=1S/C26H26ClN3O4/c1-32-26(31)21-16-22(17-3-5-18(27)6-4-17)28-24-20-8-7-19(15-23(20)29-25(21)24)34-12-2-9-30-10-13-33-14-11-30/h3-8,15-16,29H,2,9-14H2,1H3. The van der Waals surface area contributed by atoms with E-state index in [0.29, 0.717) is 33.9 Å². The highest BCUT2D eigenvalue weighted by atomic mass is 35.5. The van der Waals surface area contributed by atoms with Gasteiger partial charge in [0.05, 0.1) is 54.7 Å². The number of halogens is 1. The normalized spacial score (nSPS) is 14.5. The Labute approximate surface area is 202 Å². The third-order valence-electron chi connectivity index (χ3n) is 6.06. The minimum absolute atomic E-state index is 0.422. The van der Waals surface area contributed by atoms with Gasteiger partial charge >= 0.3 is 5.97 Å². The maximum Gasteiger partial charge on any atom is 0.340 e. The first-order valence-corrected chi connectivity index (χ1v) is 11.7. The molecule has 34 heavy (non-hydrogen) atoms. The number of ether oxygens (including phenoxy) is 3. The van der Waals surface area contributed by atoms with E-state index >= 15 is 0 Å². The molecule has 0 radical (unpaired) electrons. The molecule has 0 saturated carbocycles. The highest BCUT2D eigenvalue weighted by molar-refractivity contribution is 6.30. The van der Waals surface area contributed by atoms with Gasteiger partial charge in [0, 0.05) is 41.7 Å². The van der Waals surface area contributed by atoms with Crippen LogP contribution in [0, 0.1) is 0 Å². The van der Waals surface area contributed by atoms with Crippen LogP contribution in [0.25, 0.3) is 33.2 Å². The van der Waals surface area contributed by atoms with Crippen molar-refractivity contribution in [1.82, 2.24) is 14.9 Å². The van der Waals surface area contributed by atoms with E-state index in [-0.39, 0.29) is 0 Å². The van der Waals surface area contributed by atoms with Crippen LogP contribution in [0.3, 0.4) is 0 Å². The molecule has 5 rings (SSSR count). The Hall–Kier alpha value is -3.13. The van der Waals surface area contributed by atoms with Gasteiger partial charge in [-0.05, 0) is 36.8 Å². The number of morpholine rings is 1. The van der Waals surface area contributed by atoms with Gasteiger partial charge in [-0.2, -0.15) is 0 Å². The van der Waals surface area contributed by atoms with E-state index in [1.165, 1.54) is 7.11 Å². The quantitative estimate of drug-likeness (QED) is 0.299. The smallest absolute Gasteiger partial charge is 0.340 e. The summed E-state index contributed by atoms with van der Waals surface area (Å²) in [5.41, 5.74) is 4.18. The number of benzene rings is 2. The van der Waals surface area contributed by atoms with Crippen LogP contribution in [0.1, 0.15) is 16.8 Å². The summed E-state index contributed by atoms with van der Waals surface area (Å²) in [5.74, 6) is 0.354. The van der Waals surface area contributed by atoms with Crippen molar-refractivity contribution in [2.24, 2.45) is 0 Å². The molecule has 0 spiro atoms. The summed E-state index contributed by atoms with van der Waals surface area (Å²) in [4.78, 5) is 23.2. The van der Waals surface area contributed by atoms with Crippen molar-refractivity contribution in [2.75, 3.05) is 46.6 Å². The molecule has 0 amide bonds.